The summed E-state index contributed by atoms with van der Waals surface area (Å²) in [5.74, 6) is 0. The minimum atomic E-state index is -0.0578. The monoisotopic (exact) mass is 291 g/mol. The van der Waals surface area contributed by atoms with Crippen LogP contribution in [0, 0.1) is 0 Å². The molecule has 20 heavy (non-hydrogen) atoms. The lowest BCUT2D eigenvalue weighted by Crippen LogP contribution is -2.07. The Morgan fingerprint density at radius 1 is 1.45 bits per heavy atom. The molecule has 0 aliphatic rings. The molecule has 1 N–H and O–H groups in total. The van der Waals surface area contributed by atoms with Gasteiger partial charge in [-0.2, -0.15) is 10.1 Å². The second kappa shape index (κ2) is 4.79. The zero-order chi connectivity index (χ0) is 14.3. The van der Waals surface area contributed by atoms with Crippen LogP contribution in [-0.4, -0.2) is 29.4 Å². The summed E-state index contributed by atoms with van der Waals surface area (Å²) < 4.78 is 3.40. The van der Waals surface area contributed by atoms with Crippen molar-refractivity contribution in [1.82, 2.24) is 24.3 Å². The number of pyridine rings is 1. The first-order chi connectivity index (χ1) is 9.63. The van der Waals surface area contributed by atoms with Crippen LogP contribution in [0.25, 0.3) is 16.9 Å². The summed E-state index contributed by atoms with van der Waals surface area (Å²) in [5, 5.41) is 14.8. The van der Waals surface area contributed by atoms with Crippen molar-refractivity contribution in [2.75, 3.05) is 0 Å². The van der Waals surface area contributed by atoms with Crippen LogP contribution in [0.1, 0.15) is 26.3 Å². The third-order valence-electron chi connectivity index (χ3n) is 3.39. The fourth-order valence-corrected chi connectivity index (χ4v) is 2.46. The highest BCUT2D eigenvalue weighted by Crippen LogP contribution is 2.33. The van der Waals surface area contributed by atoms with Gasteiger partial charge in [-0.3, -0.25) is 4.57 Å². The molecule has 0 aromatic carbocycles. The quantitative estimate of drug-likeness (QED) is 0.805. The van der Waals surface area contributed by atoms with E-state index in [2.05, 4.69) is 15.1 Å². The van der Waals surface area contributed by atoms with Crippen LogP contribution < -0.4 is 0 Å². The van der Waals surface area contributed by atoms with Gasteiger partial charge in [0.05, 0.1) is 11.2 Å². The highest BCUT2D eigenvalue weighted by atomic mass is 35.5. The largest absolute Gasteiger partial charge is 0.480 e. The lowest BCUT2D eigenvalue weighted by Gasteiger charge is -2.15. The van der Waals surface area contributed by atoms with Crippen molar-refractivity contribution >= 4 is 22.8 Å². The van der Waals surface area contributed by atoms with E-state index in [-0.39, 0.29) is 12.1 Å². The maximum absolute atomic E-state index is 10.1. The fraction of sp³-hybridized carbons (Fsp3) is 0.308. The van der Waals surface area contributed by atoms with E-state index >= 15 is 0 Å². The molecule has 0 saturated heterocycles. The maximum atomic E-state index is 10.1. The van der Waals surface area contributed by atoms with Gasteiger partial charge >= 0.3 is 0 Å². The molecule has 1 unspecified atom stereocenters. The van der Waals surface area contributed by atoms with Crippen LogP contribution in [0.15, 0.2) is 24.7 Å². The summed E-state index contributed by atoms with van der Waals surface area (Å²) in [6.45, 7) is 4.05. The van der Waals surface area contributed by atoms with Crippen molar-refractivity contribution in [3.63, 3.8) is 0 Å². The highest BCUT2D eigenvalue weighted by molar-refractivity contribution is 6.33. The van der Waals surface area contributed by atoms with E-state index in [1.54, 1.807) is 21.6 Å². The fourth-order valence-electron chi connectivity index (χ4n) is 2.23. The normalized spacial score (nSPS) is 12.9. The van der Waals surface area contributed by atoms with Gasteiger partial charge in [-0.05, 0) is 19.4 Å². The molecule has 3 rings (SSSR count). The minimum absolute atomic E-state index is 0.0578. The molecule has 3 heterocycles. The van der Waals surface area contributed by atoms with Crippen molar-refractivity contribution in [1.29, 1.82) is 0 Å². The molecule has 0 aliphatic carbocycles. The molecule has 7 heteroatoms. The van der Waals surface area contributed by atoms with Gasteiger partial charge in [0.2, 0.25) is 0 Å². The Kier molecular flexibility index (Phi) is 3.10. The average Bonchev–Trinajstić information content (AvgIpc) is 3.05. The van der Waals surface area contributed by atoms with Crippen molar-refractivity contribution < 1.29 is 5.11 Å². The number of fused-ring (bicyclic) bond motifs is 1. The Balaban J connectivity index is 2.41. The van der Waals surface area contributed by atoms with E-state index in [0.717, 1.165) is 6.42 Å². The average molecular weight is 292 g/mol. The number of imidazole rings is 1. The van der Waals surface area contributed by atoms with Gasteiger partial charge in [0.25, 0.3) is 6.01 Å². The molecule has 3 aromatic heterocycles. The number of aromatic hydroxyl groups is 1. The van der Waals surface area contributed by atoms with Crippen LogP contribution in [0.5, 0.6) is 6.01 Å². The van der Waals surface area contributed by atoms with Crippen LogP contribution in [0.3, 0.4) is 0 Å². The van der Waals surface area contributed by atoms with E-state index in [1.807, 2.05) is 19.9 Å². The molecule has 0 saturated carbocycles. The minimum Gasteiger partial charge on any atom is -0.480 e. The zero-order valence-corrected chi connectivity index (χ0v) is 11.9. The number of hydrogen-bond donors (Lipinski definition) is 1. The summed E-state index contributed by atoms with van der Waals surface area (Å²) in [5.41, 5.74) is 1.82. The van der Waals surface area contributed by atoms with Crippen molar-refractivity contribution in [2.45, 2.75) is 26.3 Å². The highest BCUT2D eigenvalue weighted by Gasteiger charge is 2.21. The van der Waals surface area contributed by atoms with E-state index in [4.69, 9.17) is 11.6 Å². The third-order valence-corrected chi connectivity index (χ3v) is 3.67. The number of rotatable bonds is 3. The molecule has 3 aromatic rings. The number of hydrogen-bond acceptors (Lipinski definition) is 4. The summed E-state index contributed by atoms with van der Waals surface area (Å²) in [7, 11) is 0. The van der Waals surface area contributed by atoms with Crippen LogP contribution in [0.4, 0.5) is 0 Å². The maximum Gasteiger partial charge on any atom is 0.296 e. The SMILES string of the molecule is CCC(C)n1c(O)nc2ncc(Cl)c(-n3cccn3)c21. The smallest absolute Gasteiger partial charge is 0.296 e. The molecule has 1 atom stereocenters. The Morgan fingerprint density at radius 3 is 2.90 bits per heavy atom. The molecule has 0 spiro atoms. The van der Waals surface area contributed by atoms with Crippen LogP contribution in [0.2, 0.25) is 5.02 Å². The number of aromatic nitrogens is 5. The van der Waals surface area contributed by atoms with E-state index in [0.29, 0.717) is 21.9 Å². The number of nitrogens with zero attached hydrogens (tertiary/aromatic N) is 5. The lowest BCUT2D eigenvalue weighted by molar-refractivity contribution is 0.376. The topological polar surface area (TPSA) is 68.8 Å². The van der Waals surface area contributed by atoms with E-state index in [9.17, 15) is 5.11 Å². The van der Waals surface area contributed by atoms with Crippen molar-refractivity contribution in [3.8, 4) is 11.7 Å². The van der Waals surface area contributed by atoms with Gasteiger partial charge < -0.3 is 5.11 Å². The van der Waals surface area contributed by atoms with Crippen molar-refractivity contribution in [3.05, 3.63) is 29.7 Å². The molecule has 6 nitrogen and oxygen atoms in total. The molecule has 0 fully saturated rings. The van der Waals surface area contributed by atoms with Gasteiger partial charge in [-0.15, -0.1) is 0 Å². The Bertz CT molecular complexity index is 750. The lowest BCUT2D eigenvalue weighted by atomic mass is 10.2. The van der Waals surface area contributed by atoms with Gasteiger partial charge in [0.1, 0.15) is 11.2 Å². The third kappa shape index (κ3) is 1.84. The predicted molar refractivity (Wildman–Crippen MR) is 76.3 cm³/mol. The molecule has 0 aliphatic heterocycles. The molecule has 0 radical (unpaired) electrons. The zero-order valence-electron chi connectivity index (χ0n) is 11.2. The summed E-state index contributed by atoms with van der Waals surface area (Å²) in [6, 6.07) is 1.83. The second-order valence-electron chi connectivity index (χ2n) is 4.62. The Hall–Kier alpha value is -2.08. The first-order valence-electron chi connectivity index (χ1n) is 6.39. The molecular weight excluding hydrogens is 278 g/mol. The Morgan fingerprint density at radius 2 is 2.25 bits per heavy atom. The summed E-state index contributed by atoms with van der Waals surface area (Å²) in [4.78, 5) is 8.29. The van der Waals surface area contributed by atoms with Crippen LogP contribution in [-0.2, 0) is 0 Å². The first-order valence-corrected chi connectivity index (χ1v) is 6.76. The molecule has 0 bridgehead atoms. The van der Waals surface area contributed by atoms with E-state index < -0.39 is 0 Å². The number of halogens is 1. The molecule has 0 amide bonds. The van der Waals surface area contributed by atoms with Gasteiger partial charge in [0.15, 0.2) is 5.65 Å². The standard InChI is InChI=1S/C13H14ClN5O/c1-3-8(2)19-11-10(18-6-4-5-16-18)9(14)7-15-12(11)17-13(19)20/h4-8H,3H2,1-2H3,(H,15,17,20). The summed E-state index contributed by atoms with van der Waals surface area (Å²) >= 11 is 6.28. The van der Waals surface area contributed by atoms with E-state index in [1.165, 1.54) is 6.20 Å². The van der Waals surface area contributed by atoms with Crippen molar-refractivity contribution in [2.24, 2.45) is 0 Å². The Labute approximate surface area is 120 Å². The van der Waals surface area contributed by atoms with Crippen LogP contribution >= 0.6 is 11.6 Å². The first kappa shape index (κ1) is 12.9. The summed E-state index contributed by atoms with van der Waals surface area (Å²) in [6.07, 6.45) is 5.84. The van der Waals surface area contributed by atoms with Gasteiger partial charge in [-0.25, -0.2) is 9.67 Å². The molecular formula is C13H14ClN5O. The van der Waals surface area contributed by atoms with Gasteiger partial charge in [0, 0.05) is 18.4 Å². The molecule has 104 valence electrons. The van der Waals surface area contributed by atoms with Gasteiger partial charge in [-0.1, -0.05) is 18.5 Å². The predicted octanol–water partition coefficient (Wildman–Crippen LogP) is 2.95. The second-order valence-corrected chi connectivity index (χ2v) is 5.02.